The fraction of sp³-hybridized carbons (Fsp3) is 0.444. The molecule has 0 atom stereocenters. The van der Waals surface area contributed by atoms with Crippen molar-refractivity contribution in [3.63, 3.8) is 0 Å². The van der Waals surface area contributed by atoms with Crippen LogP contribution in [0.15, 0.2) is 18.3 Å². The lowest BCUT2D eigenvalue weighted by atomic mass is 10.3. The Balaban J connectivity index is 2.83. The quantitative estimate of drug-likeness (QED) is 0.600. The molecule has 17 heavy (non-hydrogen) atoms. The Hall–Kier alpha value is -1.83. The van der Waals surface area contributed by atoms with Crippen LogP contribution >= 0.6 is 0 Å². The maximum atomic E-state index is 12.2. The minimum absolute atomic E-state index is 0.00481. The van der Waals surface area contributed by atoms with Gasteiger partial charge in [-0.3, -0.25) is 10.1 Å². The molecule has 1 rings (SSSR count). The van der Waals surface area contributed by atoms with Crippen molar-refractivity contribution in [2.75, 3.05) is 24.6 Å². The Kier molecular flexibility index (Phi) is 4.70. The number of anilines is 1. The molecule has 8 heteroatoms. The molecular formula is C9H11F2N3O3. The highest BCUT2D eigenvalue weighted by atomic mass is 19.3. The lowest BCUT2D eigenvalue weighted by Crippen LogP contribution is -2.32. The van der Waals surface area contributed by atoms with Crippen LogP contribution in [0, 0.1) is 10.1 Å². The molecule has 0 radical (unpaired) electrons. The van der Waals surface area contributed by atoms with Crippen LogP contribution in [0.25, 0.3) is 0 Å². The molecule has 94 valence electrons. The Bertz CT molecular complexity index is 372. The third kappa shape index (κ3) is 3.91. The van der Waals surface area contributed by atoms with Gasteiger partial charge in [-0.25, -0.2) is 13.8 Å². The number of alkyl halides is 2. The smallest absolute Gasteiger partial charge is 0.287 e. The van der Waals surface area contributed by atoms with Gasteiger partial charge in [0, 0.05) is 12.6 Å². The fourth-order valence-corrected chi connectivity index (χ4v) is 1.26. The van der Waals surface area contributed by atoms with Crippen molar-refractivity contribution in [3.8, 4) is 0 Å². The number of hydrogen-bond acceptors (Lipinski definition) is 5. The van der Waals surface area contributed by atoms with E-state index >= 15 is 0 Å². The number of halogens is 2. The number of aromatic nitrogens is 1. The van der Waals surface area contributed by atoms with Crippen LogP contribution in [-0.2, 0) is 0 Å². The van der Waals surface area contributed by atoms with Gasteiger partial charge in [0.25, 0.3) is 12.1 Å². The highest BCUT2D eigenvalue weighted by Gasteiger charge is 2.14. The summed E-state index contributed by atoms with van der Waals surface area (Å²) in [5.74, 6) is 0.171. The van der Waals surface area contributed by atoms with Crippen molar-refractivity contribution in [2.45, 2.75) is 6.43 Å². The standard InChI is InChI=1S/C9H11F2N3O3/c10-8(11)6-13(3-4-15)9-2-1-7(5-12-9)14(16)17/h1-2,5,8,15H,3-4,6H2. The molecule has 0 unspecified atom stereocenters. The minimum atomic E-state index is -2.57. The molecule has 0 aromatic carbocycles. The normalized spacial score (nSPS) is 10.6. The minimum Gasteiger partial charge on any atom is -0.395 e. The summed E-state index contributed by atoms with van der Waals surface area (Å²) in [6.07, 6.45) is -1.58. The zero-order valence-corrected chi connectivity index (χ0v) is 8.79. The van der Waals surface area contributed by atoms with Crippen molar-refractivity contribution >= 4 is 11.5 Å². The van der Waals surface area contributed by atoms with Gasteiger partial charge in [-0.1, -0.05) is 0 Å². The number of nitrogens with zero attached hydrogens (tertiary/aromatic N) is 3. The van der Waals surface area contributed by atoms with E-state index in [0.717, 1.165) is 11.1 Å². The highest BCUT2D eigenvalue weighted by Crippen LogP contribution is 2.16. The molecule has 6 nitrogen and oxygen atoms in total. The molecule has 1 heterocycles. The Morgan fingerprint density at radius 3 is 2.65 bits per heavy atom. The first-order valence-electron chi connectivity index (χ1n) is 4.79. The van der Waals surface area contributed by atoms with Gasteiger partial charge in [-0.15, -0.1) is 0 Å². The highest BCUT2D eigenvalue weighted by molar-refractivity contribution is 5.42. The van der Waals surface area contributed by atoms with Gasteiger partial charge in [-0.2, -0.15) is 0 Å². The van der Waals surface area contributed by atoms with Crippen LogP contribution in [0.5, 0.6) is 0 Å². The first-order valence-corrected chi connectivity index (χ1v) is 4.79. The van der Waals surface area contributed by atoms with E-state index < -0.39 is 17.9 Å². The predicted molar refractivity (Wildman–Crippen MR) is 56.2 cm³/mol. The number of pyridine rings is 1. The van der Waals surface area contributed by atoms with Crippen LogP contribution in [0.2, 0.25) is 0 Å². The molecule has 0 bridgehead atoms. The Morgan fingerprint density at radius 2 is 2.24 bits per heavy atom. The Labute approximate surface area is 95.6 Å². The van der Waals surface area contributed by atoms with Gasteiger partial charge in [0.15, 0.2) is 0 Å². The van der Waals surface area contributed by atoms with Crippen LogP contribution in [0.4, 0.5) is 20.3 Å². The average Bonchev–Trinajstić information content (AvgIpc) is 2.28. The lowest BCUT2D eigenvalue weighted by Gasteiger charge is -2.21. The summed E-state index contributed by atoms with van der Waals surface area (Å²) in [5, 5.41) is 19.1. The number of aliphatic hydroxyl groups is 1. The third-order valence-corrected chi connectivity index (χ3v) is 2.00. The number of aliphatic hydroxyl groups excluding tert-OH is 1. The summed E-state index contributed by atoms with van der Waals surface area (Å²) in [4.78, 5) is 14.6. The maximum absolute atomic E-state index is 12.2. The van der Waals surface area contributed by atoms with E-state index in [-0.39, 0.29) is 24.7 Å². The topological polar surface area (TPSA) is 79.5 Å². The molecule has 1 aromatic rings. The molecule has 1 aromatic heterocycles. The summed E-state index contributed by atoms with van der Waals surface area (Å²) in [7, 11) is 0. The van der Waals surface area contributed by atoms with E-state index in [9.17, 15) is 18.9 Å². The molecular weight excluding hydrogens is 236 g/mol. The SMILES string of the molecule is O=[N+]([O-])c1ccc(N(CCO)CC(F)F)nc1. The molecule has 0 aliphatic heterocycles. The number of hydrogen-bond donors (Lipinski definition) is 1. The summed E-state index contributed by atoms with van der Waals surface area (Å²) in [5.41, 5.74) is -0.213. The van der Waals surface area contributed by atoms with Gasteiger partial charge >= 0.3 is 0 Å². The number of rotatable bonds is 6. The van der Waals surface area contributed by atoms with Gasteiger partial charge in [0.05, 0.1) is 18.1 Å². The van der Waals surface area contributed by atoms with Crippen molar-refractivity contribution in [1.82, 2.24) is 4.98 Å². The van der Waals surface area contributed by atoms with Crippen molar-refractivity contribution < 1.29 is 18.8 Å². The average molecular weight is 247 g/mol. The molecule has 0 fully saturated rings. The summed E-state index contributed by atoms with van der Waals surface area (Å²) >= 11 is 0. The molecule has 0 saturated heterocycles. The zero-order chi connectivity index (χ0) is 12.8. The van der Waals surface area contributed by atoms with Crippen LogP contribution in [0.1, 0.15) is 0 Å². The van der Waals surface area contributed by atoms with Crippen molar-refractivity contribution in [2.24, 2.45) is 0 Å². The molecule has 0 saturated carbocycles. The second-order valence-corrected chi connectivity index (χ2v) is 3.19. The van der Waals surface area contributed by atoms with Crippen molar-refractivity contribution in [1.29, 1.82) is 0 Å². The summed E-state index contributed by atoms with van der Waals surface area (Å²) < 4.78 is 24.5. The predicted octanol–water partition coefficient (Wildman–Crippen LogP) is 1.05. The van der Waals surface area contributed by atoms with E-state index in [2.05, 4.69) is 4.98 Å². The second-order valence-electron chi connectivity index (χ2n) is 3.19. The fourth-order valence-electron chi connectivity index (χ4n) is 1.26. The van der Waals surface area contributed by atoms with Gasteiger partial charge in [-0.05, 0) is 6.07 Å². The van der Waals surface area contributed by atoms with Crippen LogP contribution in [-0.4, -0.2) is 41.1 Å². The second kappa shape index (κ2) is 6.04. The Morgan fingerprint density at radius 1 is 1.53 bits per heavy atom. The van der Waals surface area contributed by atoms with E-state index in [0.29, 0.717) is 0 Å². The maximum Gasteiger partial charge on any atom is 0.287 e. The molecule has 0 aliphatic carbocycles. The molecule has 1 N–H and O–H groups in total. The van der Waals surface area contributed by atoms with E-state index in [1.54, 1.807) is 0 Å². The molecule has 0 spiro atoms. The number of nitro groups is 1. The lowest BCUT2D eigenvalue weighted by molar-refractivity contribution is -0.385. The monoisotopic (exact) mass is 247 g/mol. The first-order chi connectivity index (χ1) is 8.04. The zero-order valence-electron chi connectivity index (χ0n) is 8.79. The van der Waals surface area contributed by atoms with E-state index in [1.807, 2.05) is 0 Å². The van der Waals surface area contributed by atoms with Crippen LogP contribution < -0.4 is 4.90 Å². The van der Waals surface area contributed by atoms with E-state index in [4.69, 9.17) is 5.11 Å². The third-order valence-electron chi connectivity index (χ3n) is 2.00. The summed E-state index contributed by atoms with van der Waals surface area (Å²) in [6.45, 7) is -0.883. The van der Waals surface area contributed by atoms with Crippen molar-refractivity contribution in [3.05, 3.63) is 28.4 Å². The van der Waals surface area contributed by atoms with Gasteiger partial charge in [0.1, 0.15) is 12.0 Å². The molecule has 0 aliphatic rings. The van der Waals surface area contributed by atoms with E-state index in [1.165, 1.54) is 12.1 Å². The van der Waals surface area contributed by atoms with Crippen LogP contribution in [0.3, 0.4) is 0 Å². The van der Waals surface area contributed by atoms with Gasteiger partial charge < -0.3 is 10.0 Å². The van der Waals surface area contributed by atoms with Gasteiger partial charge in [0.2, 0.25) is 0 Å². The summed E-state index contributed by atoms with van der Waals surface area (Å²) in [6, 6.07) is 2.45. The largest absolute Gasteiger partial charge is 0.395 e. The molecule has 0 amide bonds. The first kappa shape index (κ1) is 13.2.